The molecule has 0 aromatic carbocycles. The molecule has 30 heavy (non-hydrogen) atoms. The fraction of sp³-hybridized carbons (Fsp3) is 0.435. The SMILES string of the molecule is CCN1CCC(C2=CN3C(=O)C=C(c4cc5c(C)nc(C)cn5n4)PC3C=C2)CC1. The summed E-state index contributed by atoms with van der Waals surface area (Å²) in [6.07, 6.45) is 12.7. The third-order valence-electron chi connectivity index (χ3n) is 6.43. The third kappa shape index (κ3) is 3.52. The molecule has 0 bridgehead atoms. The first-order chi connectivity index (χ1) is 14.5. The van der Waals surface area contributed by atoms with Crippen LogP contribution < -0.4 is 0 Å². The summed E-state index contributed by atoms with van der Waals surface area (Å²) in [6, 6.07) is 2.05. The Kier molecular flexibility index (Phi) is 5.08. The second-order valence-electron chi connectivity index (χ2n) is 8.42. The van der Waals surface area contributed by atoms with E-state index in [4.69, 9.17) is 5.10 Å². The molecule has 5 rings (SSSR count). The highest BCUT2D eigenvalue weighted by Crippen LogP contribution is 2.45. The maximum atomic E-state index is 13.0. The van der Waals surface area contributed by atoms with Crippen molar-refractivity contribution in [3.8, 4) is 0 Å². The van der Waals surface area contributed by atoms with Crippen LogP contribution in [-0.2, 0) is 4.79 Å². The number of piperidine rings is 1. The van der Waals surface area contributed by atoms with Gasteiger partial charge in [-0.1, -0.05) is 27.7 Å². The molecule has 2 aromatic rings. The molecular weight excluding hydrogens is 393 g/mol. The van der Waals surface area contributed by atoms with Crippen LogP contribution in [0.5, 0.6) is 0 Å². The number of nitrogens with zero attached hydrogens (tertiary/aromatic N) is 5. The second-order valence-corrected chi connectivity index (χ2v) is 9.84. The van der Waals surface area contributed by atoms with Crippen molar-refractivity contribution in [3.63, 3.8) is 0 Å². The molecule has 2 unspecified atom stereocenters. The Labute approximate surface area is 179 Å². The van der Waals surface area contributed by atoms with Gasteiger partial charge < -0.3 is 9.80 Å². The molecule has 1 amide bonds. The van der Waals surface area contributed by atoms with Crippen molar-refractivity contribution in [1.29, 1.82) is 0 Å². The number of allylic oxidation sites excluding steroid dienone is 2. The van der Waals surface area contributed by atoms with Crippen molar-refractivity contribution < 1.29 is 4.79 Å². The molecule has 0 N–H and O–H groups in total. The molecule has 3 aliphatic rings. The van der Waals surface area contributed by atoms with E-state index in [0.29, 0.717) is 14.5 Å². The summed E-state index contributed by atoms with van der Waals surface area (Å²) in [6.45, 7) is 9.62. The van der Waals surface area contributed by atoms with Crippen LogP contribution in [0.4, 0.5) is 0 Å². The summed E-state index contributed by atoms with van der Waals surface area (Å²) in [5.74, 6) is 0.719. The molecule has 2 atom stereocenters. The van der Waals surface area contributed by atoms with E-state index < -0.39 is 0 Å². The molecule has 5 heterocycles. The third-order valence-corrected chi connectivity index (χ3v) is 7.90. The largest absolute Gasteiger partial charge is 0.304 e. The number of fused-ring (bicyclic) bond motifs is 2. The minimum Gasteiger partial charge on any atom is -0.304 e. The van der Waals surface area contributed by atoms with E-state index in [1.807, 2.05) is 29.5 Å². The number of carbonyl (C=O) groups excluding carboxylic acids is 1. The lowest BCUT2D eigenvalue weighted by atomic mass is 9.88. The normalized spacial score (nSPS) is 23.8. The first kappa shape index (κ1) is 19.7. The Morgan fingerprint density at radius 2 is 2.03 bits per heavy atom. The predicted molar refractivity (Wildman–Crippen MR) is 121 cm³/mol. The molecule has 0 radical (unpaired) electrons. The van der Waals surface area contributed by atoms with Crippen molar-refractivity contribution in [2.45, 2.75) is 39.4 Å². The fourth-order valence-electron chi connectivity index (χ4n) is 4.69. The number of aryl methyl sites for hydroxylation is 2. The highest BCUT2D eigenvalue weighted by Gasteiger charge is 2.31. The summed E-state index contributed by atoms with van der Waals surface area (Å²) < 4.78 is 1.88. The lowest BCUT2D eigenvalue weighted by Crippen LogP contribution is -2.38. The maximum absolute atomic E-state index is 13.0. The lowest BCUT2D eigenvalue weighted by molar-refractivity contribution is -0.123. The summed E-state index contributed by atoms with van der Waals surface area (Å²) >= 11 is 0. The topological polar surface area (TPSA) is 53.7 Å². The first-order valence-electron chi connectivity index (χ1n) is 10.8. The minimum absolute atomic E-state index is 0.0599. The van der Waals surface area contributed by atoms with E-state index in [9.17, 15) is 4.79 Å². The number of likely N-dealkylation sites (tertiary alicyclic amines) is 1. The van der Waals surface area contributed by atoms with Crippen LogP contribution in [0.1, 0.15) is 36.8 Å². The second kappa shape index (κ2) is 7.75. The number of rotatable bonds is 3. The van der Waals surface area contributed by atoms with Gasteiger partial charge in [0.05, 0.1) is 34.6 Å². The zero-order valence-corrected chi connectivity index (χ0v) is 18.8. The molecule has 156 valence electrons. The van der Waals surface area contributed by atoms with Gasteiger partial charge in [-0.25, -0.2) is 4.52 Å². The van der Waals surface area contributed by atoms with Crippen molar-refractivity contribution >= 4 is 25.3 Å². The molecule has 6 nitrogen and oxygen atoms in total. The van der Waals surface area contributed by atoms with Crippen molar-refractivity contribution in [1.82, 2.24) is 24.4 Å². The lowest BCUT2D eigenvalue weighted by Gasteiger charge is -2.37. The monoisotopic (exact) mass is 421 g/mol. The van der Waals surface area contributed by atoms with Gasteiger partial charge in [-0.3, -0.25) is 9.78 Å². The Morgan fingerprint density at radius 1 is 1.23 bits per heavy atom. The van der Waals surface area contributed by atoms with Gasteiger partial charge in [-0.05, 0) is 63.9 Å². The van der Waals surface area contributed by atoms with Crippen LogP contribution in [-0.4, -0.2) is 55.7 Å². The first-order valence-corrected chi connectivity index (χ1v) is 11.9. The van der Waals surface area contributed by atoms with E-state index in [-0.39, 0.29) is 11.7 Å². The number of aromatic nitrogens is 3. The van der Waals surface area contributed by atoms with Crippen LogP contribution in [0.25, 0.3) is 10.8 Å². The van der Waals surface area contributed by atoms with Gasteiger partial charge in [-0.2, -0.15) is 5.10 Å². The van der Waals surface area contributed by atoms with E-state index >= 15 is 0 Å². The number of carbonyl (C=O) groups is 1. The van der Waals surface area contributed by atoms with Gasteiger partial charge in [0, 0.05) is 17.6 Å². The average molecular weight is 421 g/mol. The van der Waals surface area contributed by atoms with Crippen molar-refractivity contribution in [3.05, 3.63) is 59.3 Å². The number of amides is 1. The zero-order valence-electron chi connectivity index (χ0n) is 17.8. The average Bonchev–Trinajstić information content (AvgIpc) is 3.18. The Hall–Kier alpha value is -2.30. The van der Waals surface area contributed by atoms with Gasteiger partial charge in [-0.15, -0.1) is 0 Å². The molecule has 1 saturated heterocycles. The maximum Gasteiger partial charge on any atom is 0.252 e. The van der Waals surface area contributed by atoms with Gasteiger partial charge in [0.1, 0.15) is 0 Å². The minimum atomic E-state index is 0.0599. The molecule has 0 spiro atoms. The molecular formula is C23H28N5OP. The van der Waals surface area contributed by atoms with E-state index in [0.717, 1.165) is 47.5 Å². The number of hydrogen-bond acceptors (Lipinski definition) is 4. The Balaban J connectivity index is 1.38. The van der Waals surface area contributed by atoms with Crippen molar-refractivity contribution in [2.24, 2.45) is 5.92 Å². The summed E-state index contributed by atoms with van der Waals surface area (Å²) in [7, 11) is 0.490. The van der Waals surface area contributed by atoms with Crippen LogP contribution >= 0.6 is 8.58 Å². The standard InChI is InChI=1S/C23H28N5OP/c1-4-26-9-7-17(8-10-26)18-5-6-23-27(14-18)22(29)12-21(30-23)19-11-20-16(3)24-15(2)13-28(20)25-19/h5-6,11-14,17,23,30H,4,7-10H2,1-3H3. The van der Waals surface area contributed by atoms with Crippen molar-refractivity contribution in [2.75, 3.05) is 19.6 Å². The fourth-order valence-corrected chi connectivity index (χ4v) is 6.02. The van der Waals surface area contributed by atoms with Crippen LogP contribution in [0, 0.1) is 19.8 Å². The molecule has 0 aliphatic carbocycles. The zero-order chi connectivity index (χ0) is 20.8. The molecule has 0 saturated carbocycles. The molecule has 1 fully saturated rings. The summed E-state index contributed by atoms with van der Waals surface area (Å²) in [5.41, 5.74) is 5.08. The van der Waals surface area contributed by atoms with E-state index in [1.54, 1.807) is 6.08 Å². The molecule has 7 heteroatoms. The van der Waals surface area contributed by atoms with Gasteiger partial charge >= 0.3 is 0 Å². The smallest absolute Gasteiger partial charge is 0.252 e. The van der Waals surface area contributed by atoms with E-state index in [1.165, 1.54) is 18.4 Å². The van der Waals surface area contributed by atoms with Gasteiger partial charge in [0.15, 0.2) is 0 Å². The van der Waals surface area contributed by atoms with Crippen LogP contribution in [0.3, 0.4) is 0 Å². The van der Waals surface area contributed by atoms with Crippen LogP contribution in [0.2, 0.25) is 0 Å². The Bertz CT molecular complexity index is 1090. The summed E-state index contributed by atoms with van der Waals surface area (Å²) in [5, 5.41) is 5.76. The molecule has 3 aliphatic heterocycles. The molecule has 2 aromatic heterocycles. The number of hydrogen-bond donors (Lipinski definition) is 0. The quantitative estimate of drug-likeness (QED) is 0.709. The Morgan fingerprint density at radius 3 is 2.80 bits per heavy atom. The van der Waals surface area contributed by atoms with E-state index in [2.05, 4.69) is 41.2 Å². The highest BCUT2D eigenvalue weighted by molar-refractivity contribution is 7.51. The van der Waals surface area contributed by atoms with Crippen LogP contribution in [0.15, 0.2) is 42.3 Å². The highest BCUT2D eigenvalue weighted by atomic mass is 31.1. The summed E-state index contributed by atoms with van der Waals surface area (Å²) in [4.78, 5) is 22.0. The van der Waals surface area contributed by atoms with Gasteiger partial charge in [0.25, 0.3) is 5.91 Å². The predicted octanol–water partition coefficient (Wildman–Crippen LogP) is 3.72. The van der Waals surface area contributed by atoms with Gasteiger partial charge in [0.2, 0.25) is 0 Å².